The van der Waals surface area contributed by atoms with Gasteiger partial charge >= 0.3 is 7.82 Å². The second kappa shape index (κ2) is 5.61. The number of phosphoric ester groups is 1. The van der Waals surface area contributed by atoms with E-state index in [-0.39, 0.29) is 0 Å². The molecule has 0 rings (SSSR count). The smallest absolute Gasteiger partial charge is 0.393 e. The third-order valence-electron chi connectivity index (χ3n) is 1.06. The second-order valence-electron chi connectivity index (χ2n) is 1.89. The van der Waals surface area contributed by atoms with Gasteiger partial charge in [-0.1, -0.05) is 0 Å². The third-order valence-corrected chi connectivity index (χ3v) is 2.42. The number of alkyl halides is 1. The number of aliphatic hydroxyl groups excluding tert-OH is 1. The SMILES string of the molecule is COP(=O)(OC)OCC(F)CO. The van der Waals surface area contributed by atoms with E-state index in [0.717, 1.165) is 14.2 Å². The van der Waals surface area contributed by atoms with E-state index in [9.17, 15) is 8.96 Å². The van der Waals surface area contributed by atoms with E-state index in [0.29, 0.717) is 0 Å². The Morgan fingerprint density at radius 3 is 2.33 bits per heavy atom. The Labute approximate surface area is 70.0 Å². The van der Waals surface area contributed by atoms with Crippen LogP contribution in [0.1, 0.15) is 0 Å². The summed E-state index contributed by atoms with van der Waals surface area (Å²) < 4.78 is 36.5. The maximum atomic E-state index is 12.3. The van der Waals surface area contributed by atoms with Gasteiger partial charge in [0.15, 0.2) is 0 Å². The van der Waals surface area contributed by atoms with Crippen molar-refractivity contribution in [2.45, 2.75) is 6.17 Å². The zero-order valence-electron chi connectivity index (χ0n) is 6.90. The van der Waals surface area contributed by atoms with Crippen LogP contribution < -0.4 is 0 Å². The summed E-state index contributed by atoms with van der Waals surface area (Å²) in [5.74, 6) is 0. The highest BCUT2D eigenvalue weighted by atomic mass is 31.2. The summed E-state index contributed by atoms with van der Waals surface area (Å²) in [6, 6.07) is 0. The lowest BCUT2D eigenvalue weighted by molar-refractivity contribution is 0.0873. The largest absolute Gasteiger partial charge is 0.474 e. The molecule has 0 radical (unpaired) electrons. The Morgan fingerprint density at radius 2 is 2.00 bits per heavy atom. The summed E-state index contributed by atoms with van der Waals surface area (Å²) in [6.07, 6.45) is -1.58. The van der Waals surface area contributed by atoms with Gasteiger partial charge < -0.3 is 5.11 Å². The Hall–Kier alpha value is -0.0000000000000000208. The van der Waals surface area contributed by atoms with Crippen LogP contribution >= 0.6 is 7.82 Å². The van der Waals surface area contributed by atoms with Crippen molar-refractivity contribution >= 4 is 7.82 Å². The van der Waals surface area contributed by atoms with Crippen LogP contribution in [0.3, 0.4) is 0 Å². The molecule has 1 atom stereocenters. The van der Waals surface area contributed by atoms with Crippen LogP contribution in [0, 0.1) is 0 Å². The number of aliphatic hydroxyl groups is 1. The molecule has 0 heterocycles. The first-order valence-corrected chi connectivity index (χ1v) is 4.65. The van der Waals surface area contributed by atoms with Gasteiger partial charge in [-0.15, -0.1) is 0 Å². The fourth-order valence-electron chi connectivity index (χ4n) is 0.405. The summed E-state index contributed by atoms with van der Waals surface area (Å²) in [7, 11) is -1.36. The highest BCUT2D eigenvalue weighted by molar-refractivity contribution is 7.48. The van der Waals surface area contributed by atoms with E-state index in [4.69, 9.17) is 5.11 Å². The quantitative estimate of drug-likeness (QED) is 0.643. The predicted octanol–water partition coefficient (Wildman–Crippen LogP) is 0.734. The van der Waals surface area contributed by atoms with E-state index in [2.05, 4.69) is 13.6 Å². The zero-order chi connectivity index (χ0) is 9.61. The minimum absolute atomic E-state index is 0.518. The van der Waals surface area contributed by atoms with Crippen LogP contribution in [-0.2, 0) is 18.1 Å². The van der Waals surface area contributed by atoms with Gasteiger partial charge in [0.1, 0.15) is 6.17 Å². The Morgan fingerprint density at radius 1 is 1.50 bits per heavy atom. The summed E-state index contributed by atoms with van der Waals surface area (Å²) in [5, 5.41) is 8.25. The molecule has 1 unspecified atom stereocenters. The molecule has 0 aliphatic rings. The molecule has 1 N–H and O–H groups in total. The van der Waals surface area contributed by atoms with Gasteiger partial charge in [0.25, 0.3) is 0 Å². The fraction of sp³-hybridized carbons (Fsp3) is 1.00. The van der Waals surface area contributed by atoms with E-state index >= 15 is 0 Å². The summed E-state index contributed by atoms with van der Waals surface area (Å²) >= 11 is 0. The van der Waals surface area contributed by atoms with Crippen molar-refractivity contribution in [3.63, 3.8) is 0 Å². The fourth-order valence-corrected chi connectivity index (χ4v) is 1.11. The maximum Gasteiger partial charge on any atom is 0.474 e. The minimum atomic E-state index is -3.60. The van der Waals surface area contributed by atoms with Gasteiger partial charge in [0, 0.05) is 14.2 Å². The molecule has 0 aliphatic carbocycles. The number of halogens is 1. The summed E-state index contributed by atoms with van der Waals surface area (Å²) in [4.78, 5) is 0. The molecule has 5 nitrogen and oxygen atoms in total. The van der Waals surface area contributed by atoms with Gasteiger partial charge in [-0.3, -0.25) is 13.6 Å². The molecule has 0 aromatic rings. The number of phosphoric acid groups is 1. The Kier molecular flexibility index (Phi) is 5.61. The monoisotopic (exact) mass is 202 g/mol. The molecule has 0 bridgehead atoms. The zero-order valence-corrected chi connectivity index (χ0v) is 7.79. The molecule has 7 heteroatoms. The van der Waals surface area contributed by atoms with Crippen LogP contribution in [0.25, 0.3) is 0 Å². The molecule has 0 fully saturated rings. The van der Waals surface area contributed by atoms with Crippen LogP contribution in [0.5, 0.6) is 0 Å². The molecule has 0 spiro atoms. The molecule has 0 amide bonds. The van der Waals surface area contributed by atoms with E-state index < -0.39 is 27.2 Å². The summed E-state index contributed by atoms with van der Waals surface area (Å²) in [5.41, 5.74) is 0. The number of rotatable bonds is 6. The first kappa shape index (κ1) is 12.0. The molecule has 0 aromatic heterocycles. The minimum Gasteiger partial charge on any atom is -0.393 e. The van der Waals surface area contributed by atoms with Crippen LogP contribution in [0.2, 0.25) is 0 Å². The lowest BCUT2D eigenvalue weighted by atomic mass is 10.4. The van der Waals surface area contributed by atoms with E-state index in [1.54, 1.807) is 0 Å². The molecular weight excluding hydrogens is 190 g/mol. The first-order chi connectivity index (χ1) is 5.58. The average molecular weight is 202 g/mol. The summed E-state index contributed by atoms with van der Waals surface area (Å²) in [6.45, 7) is -1.21. The van der Waals surface area contributed by atoms with Gasteiger partial charge in [-0.05, 0) is 0 Å². The molecule has 74 valence electrons. The first-order valence-electron chi connectivity index (χ1n) is 3.19. The van der Waals surface area contributed by atoms with Crippen molar-refractivity contribution < 1.29 is 27.6 Å². The normalized spacial score (nSPS) is 14.7. The van der Waals surface area contributed by atoms with Gasteiger partial charge in [0.05, 0.1) is 13.2 Å². The van der Waals surface area contributed by atoms with Crippen LogP contribution in [0.4, 0.5) is 4.39 Å². The lowest BCUT2D eigenvalue weighted by Gasteiger charge is -2.13. The van der Waals surface area contributed by atoms with Crippen molar-refractivity contribution in [3.05, 3.63) is 0 Å². The highest BCUT2D eigenvalue weighted by Gasteiger charge is 2.24. The molecule has 0 aromatic carbocycles. The van der Waals surface area contributed by atoms with E-state index in [1.807, 2.05) is 0 Å². The number of hydrogen-bond donors (Lipinski definition) is 1. The van der Waals surface area contributed by atoms with Gasteiger partial charge in [-0.25, -0.2) is 8.96 Å². The van der Waals surface area contributed by atoms with E-state index in [1.165, 1.54) is 0 Å². The average Bonchev–Trinajstić information content (AvgIpc) is 2.13. The topological polar surface area (TPSA) is 65.0 Å². The standard InChI is InChI=1S/C5H12FO5P/c1-9-12(8,10-2)11-4-5(6)3-7/h5,7H,3-4H2,1-2H3. The molecule has 0 saturated heterocycles. The molecule has 12 heavy (non-hydrogen) atoms. The highest BCUT2D eigenvalue weighted by Crippen LogP contribution is 2.47. The van der Waals surface area contributed by atoms with Crippen molar-refractivity contribution in [2.24, 2.45) is 0 Å². The van der Waals surface area contributed by atoms with Crippen molar-refractivity contribution in [3.8, 4) is 0 Å². The second-order valence-corrected chi connectivity index (χ2v) is 3.77. The molecule has 0 saturated carbocycles. The lowest BCUT2D eigenvalue weighted by Crippen LogP contribution is -2.14. The Bertz CT molecular complexity index is 156. The molecule has 0 aliphatic heterocycles. The molecular formula is C5H12FO5P. The number of hydrogen-bond acceptors (Lipinski definition) is 5. The third kappa shape index (κ3) is 4.13. The van der Waals surface area contributed by atoms with Crippen molar-refractivity contribution in [2.75, 3.05) is 27.4 Å². The van der Waals surface area contributed by atoms with Gasteiger partial charge in [-0.2, -0.15) is 0 Å². The van der Waals surface area contributed by atoms with Gasteiger partial charge in [0.2, 0.25) is 0 Å². The van der Waals surface area contributed by atoms with Crippen molar-refractivity contribution in [1.29, 1.82) is 0 Å². The van der Waals surface area contributed by atoms with Crippen LogP contribution in [0.15, 0.2) is 0 Å². The predicted molar refractivity (Wildman–Crippen MR) is 39.6 cm³/mol. The van der Waals surface area contributed by atoms with Crippen molar-refractivity contribution in [1.82, 2.24) is 0 Å². The van der Waals surface area contributed by atoms with Crippen LogP contribution in [-0.4, -0.2) is 38.7 Å². The maximum absolute atomic E-state index is 12.3. The Balaban J connectivity index is 3.81.